The minimum Gasteiger partial charge on any atom is -0.476 e. The predicted molar refractivity (Wildman–Crippen MR) is 66.5 cm³/mol. The van der Waals surface area contributed by atoms with Crippen LogP contribution in [0, 0.1) is 0 Å². The maximum absolute atomic E-state index is 11.3. The topological polar surface area (TPSA) is 62.7 Å². The molecule has 1 aromatic rings. The standard InChI is InChI=1S/C12H15N3O2/c1-2-13-12(16)15-10-5-3-9(4-6-10)11-14-7-8-17-11/h3-6H,2,7-8H2,1H3,(H2,13,15,16). The fourth-order valence-electron chi connectivity index (χ4n) is 1.54. The highest BCUT2D eigenvalue weighted by Crippen LogP contribution is 2.12. The number of carbonyl (C=O) groups excluding carboxylic acids is 1. The van der Waals surface area contributed by atoms with Crippen LogP contribution in [-0.2, 0) is 4.74 Å². The van der Waals surface area contributed by atoms with Gasteiger partial charge in [0.2, 0.25) is 5.90 Å². The lowest BCUT2D eigenvalue weighted by molar-refractivity contribution is 0.252. The van der Waals surface area contributed by atoms with Gasteiger partial charge in [-0.25, -0.2) is 9.79 Å². The third kappa shape index (κ3) is 2.96. The van der Waals surface area contributed by atoms with Crippen molar-refractivity contribution in [2.45, 2.75) is 6.92 Å². The number of rotatable bonds is 3. The molecule has 0 bridgehead atoms. The molecule has 17 heavy (non-hydrogen) atoms. The van der Waals surface area contributed by atoms with Crippen LogP contribution in [-0.4, -0.2) is 31.6 Å². The van der Waals surface area contributed by atoms with E-state index >= 15 is 0 Å². The first kappa shape index (κ1) is 11.4. The lowest BCUT2D eigenvalue weighted by atomic mass is 10.2. The third-order valence-corrected chi connectivity index (χ3v) is 2.31. The van der Waals surface area contributed by atoms with Gasteiger partial charge in [0.25, 0.3) is 0 Å². The van der Waals surface area contributed by atoms with Gasteiger partial charge in [0, 0.05) is 17.8 Å². The monoisotopic (exact) mass is 233 g/mol. The highest BCUT2D eigenvalue weighted by molar-refractivity contribution is 5.96. The molecule has 2 rings (SSSR count). The third-order valence-electron chi connectivity index (χ3n) is 2.31. The van der Waals surface area contributed by atoms with Crippen LogP contribution >= 0.6 is 0 Å². The summed E-state index contributed by atoms with van der Waals surface area (Å²) in [6.45, 7) is 3.84. The van der Waals surface area contributed by atoms with E-state index in [-0.39, 0.29) is 6.03 Å². The molecule has 1 aliphatic heterocycles. The fraction of sp³-hybridized carbons (Fsp3) is 0.333. The second-order valence-corrected chi connectivity index (χ2v) is 3.60. The molecule has 0 aliphatic carbocycles. The zero-order chi connectivity index (χ0) is 12.1. The predicted octanol–water partition coefficient (Wildman–Crippen LogP) is 1.60. The summed E-state index contributed by atoms with van der Waals surface area (Å²) >= 11 is 0. The Morgan fingerprint density at radius 2 is 2.18 bits per heavy atom. The first-order valence-electron chi connectivity index (χ1n) is 5.62. The number of urea groups is 1. The molecule has 0 saturated heterocycles. The highest BCUT2D eigenvalue weighted by atomic mass is 16.5. The van der Waals surface area contributed by atoms with E-state index in [4.69, 9.17) is 4.74 Å². The van der Waals surface area contributed by atoms with Gasteiger partial charge in [-0.3, -0.25) is 0 Å². The van der Waals surface area contributed by atoms with E-state index in [1.165, 1.54) is 0 Å². The first-order chi connectivity index (χ1) is 8.29. The smallest absolute Gasteiger partial charge is 0.319 e. The Balaban J connectivity index is 2.00. The van der Waals surface area contributed by atoms with Gasteiger partial charge in [0.15, 0.2) is 0 Å². The van der Waals surface area contributed by atoms with Crippen LogP contribution in [0.2, 0.25) is 0 Å². The molecule has 1 aliphatic rings. The number of nitrogens with zero attached hydrogens (tertiary/aromatic N) is 1. The zero-order valence-electron chi connectivity index (χ0n) is 9.69. The van der Waals surface area contributed by atoms with Crippen LogP contribution in [0.5, 0.6) is 0 Å². The Hall–Kier alpha value is -2.04. The molecule has 0 unspecified atom stereocenters. The number of ether oxygens (including phenoxy) is 1. The van der Waals surface area contributed by atoms with Crippen molar-refractivity contribution in [3.8, 4) is 0 Å². The fourth-order valence-corrected chi connectivity index (χ4v) is 1.54. The van der Waals surface area contributed by atoms with E-state index in [9.17, 15) is 4.79 Å². The molecule has 0 atom stereocenters. The van der Waals surface area contributed by atoms with Gasteiger partial charge in [-0.15, -0.1) is 0 Å². The van der Waals surface area contributed by atoms with Crippen LogP contribution in [0.4, 0.5) is 10.5 Å². The summed E-state index contributed by atoms with van der Waals surface area (Å²) < 4.78 is 5.35. The number of benzene rings is 1. The van der Waals surface area contributed by atoms with Gasteiger partial charge in [-0.05, 0) is 31.2 Å². The Bertz CT molecular complexity index is 426. The van der Waals surface area contributed by atoms with Gasteiger partial charge in [0.1, 0.15) is 6.61 Å². The van der Waals surface area contributed by atoms with Crippen molar-refractivity contribution in [2.75, 3.05) is 25.0 Å². The van der Waals surface area contributed by atoms with Crippen molar-refractivity contribution in [2.24, 2.45) is 4.99 Å². The molecule has 0 spiro atoms. The molecule has 0 aromatic heterocycles. The Labute approximate surface area is 99.9 Å². The van der Waals surface area contributed by atoms with Gasteiger partial charge in [0.05, 0.1) is 6.54 Å². The maximum Gasteiger partial charge on any atom is 0.319 e. The molecular formula is C12H15N3O2. The highest BCUT2D eigenvalue weighted by Gasteiger charge is 2.09. The second-order valence-electron chi connectivity index (χ2n) is 3.60. The van der Waals surface area contributed by atoms with Gasteiger partial charge in [-0.1, -0.05) is 0 Å². The summed E-state index contributed by atoms with van der Waals surface area (Å²) in [6, 6.07) is 7.22. The molecule has 0 fully saturated rings. The number of aliphatic imine (C=N–C) groups is 1. The average molecular weight is 233 g/mol. The van der Waals surface area contributed by atoms with Gasteiger partial charge in [-0.2, -0.15) is 0 Å². The van der Waals surface area contributed by atoms with E-state index in [0.29, 0.717) is 25.6 Å². The lowest BCUT2D eigenvalue weighted by Crippen LogP contribution is -2.28. The summed E-state index contributed by atoms with van der Waals surface area (Å²) in [5.74, 6) is 0.676. The summed E-state index contributed by atoms with van der Waals surface area (Å²) in [5.41, 5.74) is 1.68. The Morgan fingerprint density at radius 3 is 2.76 bits per heavy atom. The molecule has 0 radical (unpaired) electrons. The number of carbonyl (C=O) groups is 1. The number of amides is 2. The van der Waals surface area contributed by atoms with E-state index in [1.807, 2.05) is 31.2 Å². The van der Waals surface area contributed by atoms with Crippen molar-refractivity contribution in [3.05, 3.63) is 29.8 Å². The first-order valence-corrected chi connectivity index (χ1v) is 5.62. The number of anilines is 1. The molecule has 90 valence electrons. The van der Waals surface area contributed by atoms with Crippen molar-refractivity contribution in [1.29, 1.82) is 0 Å². The zero-order valence-corrected chi connectivity index (χ0v) is 9.69. The quantitative estimate of drug-likeness (QED) is 0.833. The number of hydrogen-bond donors (Lipinski definition) is 2. The SMILES string of the molecule is CCNC(=O)Nc1ccc(C2=NCCO2)cc1. The van der Waals surface area contributed by atoms with Crippen LogP contribution in [0.25, 0.3) is 0 Å². The molecule has 2 N–H and O–H groups in total. The van der Waals surface area contributed by atoms with E-state index in [2.05, 4.69) is 15.6 Å². The molecule has 5 heteroatoms. The molecule has 0 saturated carbocycles. The van der Waals surface area contributed by atoms with Crippen molar-refractivity contribution >= 4 is 17.6 Å². The molecule has 1 aromatic carbocycles. The van der Waals surface area contributed by atoms with Crippen LogP contribution in [0.1, 0.15) is 12.5 Å². The van der Waals surface area contributed by atoms with Gasteiger partial charge >= 0.3 is 6.03 Å². The average Bonchev–Trinajstić information content (AvgIpc) is 2.84. The van der Waals surface area contributed by atoms with E-state index in [1.54, 1.807) is 0 Å². The largest absolute Gasteiger partial charge is 0.476 e. The summed E-state index contributed by atoms with van der Waals surface area (Å²) in [4.78, 5) is 15.5. The Kier molecular flexibility index (Phi) is 3.59. The van der Waals surface area contributed by atoms with Gasteiger partial charge < -0.3 is 15.4 Å². The minimum absolute atomic E-state index is 0.199. The van der Waals surface area contributed by atoms with Crippen molar-refractivity contribution in [1.82, 2.24) is 5.32 Å². The number of hydrogen-bond acceptors (Lipinski definition) is 3. The van der Waals surface area contributed by atoms with E-state index < -0.39 is 0 Å². The summed E-state index contributed by atoms with van der Waals surface area (Å²) in [5, 5.41) is 5.40. The number of nitrogens with one attached hydrogen (secondary N) is 2. The van der Waals surface area contributed by atoms with Crippen molar-refractivity contribution in [3.63, 3.8) is 0 Å². The van der Waals surface area contributed by atoms with Crippen molar-refractivity contribution < 1.29 is 9.53 Å². The lowest BCUT2D eigenvalue weighted by Gasteiger charge is -2.06. The molecule has 1 heterocycles. The summed E-state index contributed by atoms with van der Waals surface area (Å²) in [7, 11) is 0. The minimum atomic E-state index is -0.199. The van der Waals surface area contributed by atoms with E-state index in [0.717, 1.165) is 11.3 Å². The second kappa shape index (κ2) is 5.34. The maximum atomic E-state index is 11.3. The molecule has 2 amide bonds. The van der Waals surface area contributed by atoms with Crippen LogP contribution in [0.15, 0.2) is 29.3 Å². The normalized spacial score (nSPS) is 13.8. The van der Waals surface area contributed by atoms with Crippen LogP contribution < -0.4 is 10.6 Å². The summed E-state index contributed by atoms with van der Waals surface area (Å²) in [6.07, 6.45) is 0. The van der Waals surface area contributed by atoms with Crippen LogP contribution in [0.3, 0.4) is 0 Å². The molecular weight excluding hydrogens is 218 g/mol. The Morgan fingerprint density at radius 1 is 1.41 bits per heavy atom. The molecule has 5 nitrogen and oxygen atoms in total.